The summed E-state index contributed by atoms with van der Waals surface area (Å²) >= 11 is 0. The van der Waals surface area contributed by atoms with E-state index in [4.69, 9.17) is 15.2 Å². The molecule has 0 radical (unpaired) electrons. The third kappa shape index (κ3) is 11.7. The van der Waals surface area contributed by atoms with Crippen LogP contribution in [0.2, 0.25) is 0 Å². The third-order valence-electron chi connectivity index (χ3n) is 4.68. The van der Waals surface area contributed by atoms with Crippen molar-refractivity contribution in [3.8, 4) is 0 Å². The van der Waals surface area contributed by atoms with Crippen molar-refractivity contribution in [1.82, 2.24) is 19.6 Å². The molecule has 1 saturated heterocycles. The highest BCUT2D eigenvalue weighted by Crippen LogP contribution is 2.02. The number of carbonyl (C=O) groups excluding carboxylic acids is 2. The van der Waals surface area contributed by atoms with Crippen molar-refractivity contribution >= 4 is 18.9 Å². The van der Waals surface area contributed by atoms with Crippen LogP contribution in [0, 0.1) is 0 Å². The number of aliphatic hydroxyl groups excluding tert-OH is 1. The molecule has 0 aromatic carbocycles. The van der Waals surface area contributed by atoms with Gasteiger partial charge < -0.3 is 25.4 Å². The molecule has 0 bridgehead atoms. The number of aliphatic hydroxyl groups is 1. The molecule has 1 fully saturated rings. The molecule has 168 valence electrons. The Hall–Kier alpha value is -1.83. The summed E-state index contributed by atoms with van der Waals surface area (Å²) in [4.78, 5) is 40.0. The minimum Gasteiger partial charge on any atom is -0.480 e. The Morgan fingerprint density at radius 3 is 1.66 bits per heavy atom. The maximum Gasteiger partial charge on any atom is 0.317 e. The lowest BCUT2D eigenvalue weighted by Gasteiger charge is -2.33. The summed E-state index contributed by atoms with van der Waals surface area (Å²) in [5.41, 5.74) is 5.53. The Labute approximate surface area is 170 Å². The van der Waals surface area contributed by atoms with Crippen LogP contribution >= 0.6 is 0 Å². The molecule has 4 N–H and O–H groups in total. The second-order valence-electron chi connectivity index (χ2n) is 6.88. The van der Waals surface area contributed by atoms with Crippen molar-refractivity contribution in [2.75, 3.05) is 85.5 Å². The van der Waals surface area contributed by atoms with Crippen molar-refractivity contribution in [1.29, 1.82) is 0 Å². The molecule has 1 atom stereocenters. The van der Waals surface area contributed by atoms with Gasteiger partial charge in [0.05, 0.1) is 12.6 Å². The molecule has 0 saturated carbocycles. The van der Waals surface area contributed by atoms with Crippen LogP contribution in [0.4, 0.5) is 0 Å². The monoisotopic (exact) mass is 419 g/mol. The first-order chi connectivity index (χ1) is 14.0. The molecule has 1 aliphatic heterocycles. The first-order valence-electron chi connectivity index (χ1n) is 9.58. The van der Waals surface area contributed by atoms with Gasteiger partial charge in [0.15, 0.2) is 0 Å². The van der Waals surface area contributed by atoms with Crippen LogP contribution < -0.4 is 5.73 Å². The van der Waals surface area contributed by atoms with E-state index in [9.17, 15) is 24.6 Å². The van der Waals surface area contributed by atoms with E-state index in [-0.39, 0.29) is 26.6 Å². The smallest absolute Gasteiger partial charge is 0.317 e. The zero-order valence-corrected chi connectivity index (χ0v) is 16.7. The lowest BCUT2D eigenvalue weighted by atomic mass is 10.3. The molecule has 0 amide bonds. The van der Waals surface area contributed by atoms with Crippen molar-refractivity contribution in [2.45, 2.75) is 6.10 Å². The average Bonchev–Trinajstić information content (AvgIpc) is 2.70. The number of carbonyl (C=O) groups is 3. The highest BCUT2D eigenvalue weighted by atomic mass is 16.5. The SMILES string of the molecule is NCC(O)CN1CCN(COC=O)CCN(COC=O)CCN(CC(=O)O)CC1. The van der Waals surface area contributed by atoms with Gasteiger partial charge in [0.25, 0.3) is 12.9 Å². The van der Waals surface area contributed by atoms with Gasteiger partial charge in [-0.2, -0.15) is 0 Å². The molecule has 1 unspecified atom stereocenters. The summed E-state index contributed by atoms with van der Waals surface area (Å²) in [7, 11) is 0. The lowest BCUT2D eigenvalue weighted by Crippen LogP contribution is -2.49. The minimum atomic E-state index is -0.918. The molecular formula is C17H33N5O7. The molecule has 1 heterocycles. The van der Waals surface area contributed by atoms with Gasteiger partial charge in [0.1, 0.15) is 13.5 Å². The maximum atomic E-state index is 11.2. The van der Waals surface area contributed by atoms with Crippen LogP contribution in [-0.2, 0) is 23.9 Å². The Bertz CT molecular complexity index is 485. The summed E-state index contributed by atoms with van der Waals surface area (Å²) in [6.45, 7) is 5.71. The summed E-state index contributed by atoms with van der Waals surface area (Å²) < 4.78 is 9.75. The van der Waals surface area contributed by atoms with E-state index in [0.717, 1.165) is 0 Å². The van der Waals surface area contributed by atoms with Gasteiger partial charge in [-0.3, -0.25) is 34.0 Å². The largest absolute Gasteiger partial charge is 0.480 e. The fraction of sp³-hybridized carbons (Fsp3) is 0.824. The van der Waals surface area contributed by atoms with Crippen LogP contribution in [0.15, 0.2) is 0 Å². The van der Waals surface area contributed by atoms with E-state index in [1.807, 2.05) is 19.6 Å². The van der Waals surface area contributed by atoms with Gasteiger partial charge in [-0.05, 0) is 0 Å². The van der Waals surface area contributed by atoms with Gasteiger partial charge in [0, 0.05) is 65.4 Å². The first-order valence-corrected chi connectivity index (χ1v) is 9.58. The fourth-order valence-corrected chi connectivity index (χ4v) is 3.01. The van der Waals surface area contributed by atoms with Crippen molar-refractivity contribution in [3.63, 3.8) is 0 Å². The number of nitrogens with two attached hydrogens (primary N) is 1. The second-order valence-corrected chi connectivity index (χ2v) is 6.88. The standard InChI is InChI=1S/C17H33N5O7/c18-9-16(25)10-19-1-2-20(11-17(26)27)4-6-22(13-29-15-24)8-7-21(5-3-19)12-28-14-23/h14-16,25H,1-13,18H2,(H,26,27). The number of carboxylic acid groups (broad SMARTS) is 1. The topological polar surface area (TPSA) is 149 Å². The second kappa shape index (κ2) is 15.1. The fourth-order valence-electron chi connectivity index (χ4n) is 3.01. The minimum absolute atomic E-state index is 0.0988. The molecule has 0 aromatic rings. The van der Waals surface area contributed by atoms with Crippen molar-refractivity contribution < 1.29 is 34.1 Å². The molecule has 0 aromatic heterocycles. The number of rotatable bonds is 11. The van der Waals surface area contributed by atoms with Gasteiger partial charge in [0.2, 0.25) is 0 Å². The van der Waals surface area contributed by atoms with Gasteiger partial charge in [-0.1, -0.05) is 0 Å². The number of hydrogen-bond acceptors (Lipinski definition) is 11. The number of β-amino-alcohol motifs (C(OH)–C–C–N with tert-alkyl or cyclic N) is 1. The third-order valence-corrected chi connectivity index (χ3v) is 4.68. The summed E-state index contributed by atoms with van der Waals surface area (Å²) in [6, 6.07) is 0. The van der Waals surface area contributed by atoms with E-state index >= 15 is 0 Å². The van der Waals surface area contributed by atoms with Crippen molar-refractivity contribution in [3.05, 3.63) is 0 Å². The van der Waals surface area contributed by atoms with E-state index in [2.05, 4.69) is 0 Å². The predicted octanol–water partition coefficient (Wildman–Crippen LogP) is -3.13. The summed E-state index contributed by atoms with van der Waals surface area (Å²) in [6.07, 6.45) is -0.675. The van der Waals surface area contributed by atoms with Gasteiger partial charge in [-0.15, -0.1) is 0 Å². The van der Waals surface area contributed by atoms with E-state index in [0.29, 0.717) is 71.8 Å². The molecule has 1 aliphatic rings. The number of aliphatic carboxylic acids is 1. The van der Waals surface area contributed by atoms with Crippen molar-refractivity contribution in [2.24, 2.45) is 5.73 Å². The average molecular weight is 419 g/mol. The van der Waals surface area contributed by atoms with Crippen LogP contribution in [0.25, 0.3) is 0 Å². The van der Waals surface area contributed by atoms with E-state index in [1.165, 1.54) is 0 Å². The molecule has 12 heteroatoms. The molecule has 0 aliphatic carbocycles. The molecule has 1 rings (SSSR count). The van der Waals surface area contributed by atoms with Crippen LogP contribution in [0.5, 0.6) is 0 Å². The predicted molar refractivity (Wildman–Crippen MR) is 103 cm³/mol. The van der Waals surface area contributed by atoms with Crippen LogP contribution in [0.1, 0.15) is 0 Å². The van der Waals surface area contributed by atoms with Gasteiger partial charge >= 0.3 is 5.97 Å². The van der Waals surface area contributed by atoms with Crippen LogP contribution in [0.3, 0.4) is 0 Å². The zero-order chi connectivity index (χ0) is 21.5. The molecule has 29 heavy (non-hydrogen) atoms. The first kappa shape index (κ1) is 25.2. The Morgan fingerprint density at radius 1 is 0.862 bits per heavy atom. The molecular weight excluding hydrogens is 386 g/mol. The van der Waals surface area contributed by atoms with Crippen LogP contribution in [-0.4, -0.2) is 140 Å². The quantitative estimate of drug-likeness (QED) is 0.291. The number of carboxylic acids is 1. The van der Waals surface area contributed by atoms with Gasteiger partial charge in [-0.25, -0.2) is 0 Å². The highest BCUT2D eigenvalue weighted by molar-refractivity contribution is 5.69. The summed E-state index contributed by atoms with van der Waals surface area (Å²) in [5.74, 6) is -0.918. The molecule has 12 nitrogen and oxygen atoms in total. The normalized spacial score (nSPS) is 20.2. The number of ether oxygens (including phenoxy) is 2. The summed E-state index contributed by atoms with van der Waals surface area (Å²) in [5, 5.41) is 19.1. The number of nitrogens with zero attached hydrogens (tertiary/aromatic N) is 4. The Kier molecular flexibility index (Phi) is 13.1. The highest BCUT2D eigenvalue weighted by Gasteiger charge is 2.19. The van der Waals surface area contributed by atoms with E-state index < -0.39 is 12.1 Å². The number of hydrogen-bond donors (Lipinski definition) is 3. The Morgan fingerprint density at radius 2 is 1.28 bits per heavy atom. The molecule has 0 spiro atoms. The van der Waals surface area contributed by atoms with E-state index in [1.54, 1.807) is 0 Å². The zero-order valence-electron chi connectivity index (χ0n) is 16.7. The maximum absolute atomic E-state index is 11.2. The lowest BCUT2D eigenvalue weighted by molar-refractivity contribution is -0.139. The Balaban J connectivity index is 2.85.